The predicted molar refractivity (Wildman–Crippen MR) is 84.2 cm³/mol. The highest BCUT2D eigenvalue weighted by Gasteiger charge is 2.14. The number of rotatable bonds is 3. The summed E-state index contributed by atoms with van der Waals surface area (Å²) in [6.45, 7) is 1.35. The van der Waals surface area contributed by atoms with Crippen molar-refractivity contribution in [1.29, 1.82) is 0 Å². The molecule has 1 heterocycles. The maximum atomic E-state index is 11.8. The Labute approximate surface area is 132 Å². The molecule has 6 heteroatoms. The van der Waals surface area contributed by atoms with Crippen molar-refractivity contribution in [3.63, 3.8) is 0 Å². The Morgan fingerprint density at radius 3 is 2.48 bits per heavy atom. The molecule has 6 nitrogen and oxygen atoms in total. The van der Waals surface area contributed by atoms with Gasteiger partial charge in [0.25, 0.3) is 0 Å². The van der Waals surface area contributed by atoms with E-state index in [1.807, 2.05) is 6.07 Å². The molecule has 0 saturated carbocycles. The lowest BCUT2D eigenvalue weighted by molar-refractivity contribution is -0.131. The van der Waals surface area contributed by atoms with Gasteiger partial charge < -0.3 is 14.5 Å². The van der Waals surface area contributed by atoms with Crippen molar-refractivity contribution in [1.82, 2.24) is 9.97 Å². The van der Waals surface area contributed by atoms with Crippen molar-refractivity contribution in [2.24, 2.45) is 0 Å². The van der Waals surface area contributed by atoms with Gasteiger partial charge >= 0.3 is 11.9 Å². The number of para-hydroxylation sites is 1. The van der Waals surface area contributed by atoms with Gasteiger partial charge in [0.1, 0.15) is 17.1 Å². The number of nitrogens with one attached hydrogen (secondary N) is 1. The number of fused-ring (bicyclic) bond motifs is 1. The van der Waals surface area contributed by atoms with E-state index in [9.17, 15) is 9.59 Å². The number of benzene rings is 2. The van der Waals surface area contributed by atoms with Gasteiger partial charge in [-0.1, -0.05) is 6.07 Å². The number of hydrogen-bond donors (Lipinski definition) is 1. The van der Waals surface area contributed by atoms with Crippen molar-refractivity contribution in [3.8, 4) is 17.1 Å². The van der Waals surface area contributed by atoms with Crippen LogP contribution in [0.2, 0.25) is 0 Å². The van der Waals surface area contributed by atoms with E-state index >= 15 is 0 Å². The topological polar surface area (TPSA) is 81.3 Å². The van der Waals surface area contributed by atoms with Crippen LogP contribution >= 0.6 is 0 Å². The van der Waals surface area contributed by atoms with Gasteiger partial charge in [-0.15, -0.1) is 0 Å². The molecule has 3 rings (SSSR count). The van der Waals surface area contributed by atoms with Gasteiger partial charge in [-0.2, -0.15) is 0 Å². The van der Waals surface area contributed by atoms with E-state index in [4.69, 9.17) is 9.47 Å². The first-order chi connectivity index (χ1) is 11.1. The van der Waals surface area contributed by atoms with Crippen LogP contribution in [0.3, 0.4) is 0 Å². The number of aromatic amines is 1. The maximum absolute atomic E-state index is 11.8. The number of ether oxygens (including phenoxy) is 2. The molecular formula is C17H14N2O4. The number of carbonyl (C=O) groups is 2. The molecule has 0 aliphatic carbocycles. The van der Waals surface area contributed by atoms with Crippen LogP contribution in [0.4, 0.5) is 0 Å². The minimum absolute atomic E-state index is 0.371. The first-order valence-electron chi connectivity index (χ1n) is 6.94. The highest BCUT2D eigenvalue weighted by atomic mass is 16.5. The Morgan fingerprint density at radius 1 is 1.09 bits per heavy atom. The van der Waals surface area contributed by atoms with Crippen molar-refractivity contribution in [2.75, 3.05) is 7.11 Å². The summed E-state index contributed by atoms with van der Waals surface area (Å²) in [5, 5.41) is 0. The average molecular weight is 310 g/mol. The van der Waals surface area contributed by atoms with Crippen molar-refractivity contribution < 1.29 is 19.1 Å². The number of hydrogen-bond acceptors (Lipinski definition) is 5. The Hall–Kier alpha value is -3.15. The summed E-state index contributed by atoms with van der Waals surface area (Å²) in [6, 6.07) is 12.2. The summed E-state index contributed by atoms with van der Waals surface area (Å²) in [5.41, 5.74) is 2.52. The molecule has 1 aromatic heterocycles. The third-order valence-electron chi connectivity index (χ3n) is 3.31. The standard InChI is InChI=1S/C17H14N2O4/c1-10(20)23-12-8-6-11(7-9-12)16-18-14-5-3-4-13(15(14)19-16)17(21)22-2/h3-9H,1-2H3,(H,18,19). The fraction of sp³-hybridized carbons (Fsp3) is 0.118. The smallest absolute Gasteiger partial charge is 0.340 e. The molecule has 0 fully saturated rings. The Morgan fingerprint density at radius 2 is 1.83 bits per heavy atom. The van der Waals surface area contributed by atoms with Crippen LogP contribution in [0.15, 0.2) is 42.5 Å². The van der Waals surface area contributed by atoms with E-state index in [0.717, 1.165) is 11.1 Å². The van der Waals surface area contributed by atoms with Crippen LogP contribution in [0.5, 0.6) is 5.75 Å². The summed E-state index contributed by atoms with van der Waals surface area (Å²) in [5.74, 6) is 0.279. The van der Waals surface area contributed by atoms with E-state index in [1.54, 1.807) is 36.4 Å². The third kappa shape index (κ3) is 2.91. The molecular weight excluding hydrogens is 296 g/mol. The minimum Gasteiger partial charge on any atom is -0.465 e. The van der Waals surface area contributed by atoms with Crippen LogP contribution in [-0.2, 0) is 9.53 Å². The number of imidazole rings is 1. The molecule has 0 aliphatic heterocycles. The molecule has 0 amide bonds. The van der Waals surface area contributed by atoms with Gasteiger partial charge in [-0.05, 0) is 36.4 Å². The largest absolute Gasteiger partial charge is 0.465 e. The molecule has 23 heavy (non-hydrogen) atoms. The summed E-state index contributed by atoms with van der Waals surface area (Å²) in [4.78, 5) is 30.4. The van der Waals surface area contributed by atoms with E-state index in [1.165, 1.54) is 14.0 Å². The second-order valence-electron chi connectivity index (χ2n) is 4.90. The molecule has 0 saturated heterocycles. The maximum Gasteiger partial charge on any atom is 0.340 e. The summed E-state index contributed by atoms with van der Waals surface area (Å²) in [6.07, 6.45) is 0. The second kappa shape index (κ2) is 5.92. The summed E-state index contributed by atoms with van der Waals surface area (Å²) < 4.78 is 9.77. The monoisotopic (exact) mass is 310 g/mol. The quantitative estimate of drug-likeness (QED) is 0.594. The lowest BCUT2D eigenvalue weighted by Crippen LogP contribution is -2.01. The van der Waals surface area contributed by atoms with Crippen molar-refractivity contribution >= 4 is 23.0 Å². The van der Waals surface area contributed by atoms with Gasteiger partial charge in [-0.25, -0.2) is 9.78 Å². The highest BCUT2D eigenvalue weighted by molar-refractivity contribution is 6.02. The average Bonchev–Trinajstić information content (AvgIpc) is 2.98. The molecule has 3 aromatic rings. The number of methoxy groups -OCH3 is 1. The first-order valence-corrected chi connectivity index (χ1v) is 6.94. The molecule has 1 N–H and O–H groups in total. The summed E-state index contributed by atoms with van der Waals surface area (Å²) in [7, 11) is 1.34. The number of aromatic nitrogens is 2. The number of esters is 2. The Balaban J connectivity index is 2.00. The molecule has 0 radical (unpaired) electrons. The van der Waals surface area contributed by atoms with Crippen molar-refractivity contribution in [2.45, 2.75) is 6.92 Å². The van der Waals surface area contributed by atoms with Crippen molar-refractivity contribution in [3.05, 3.63) is 48.0 Å². The van der Waals surface area contributed by atoms with E-state index in [0.29, 0.717) is 22.7 Å². The van der Waals surface area contributed by atoms with Crippen LogP contribution in [-0.4, -0.2) is 29.0 Å². The number of H-pyrrole nitrogens is 1. The van der Waals surface area contributed by atoms with Crippen LogP contribution in [0, 0.1) is 0 Å². The van der Waals surface area contributed by atoms with Gasteiger partial charge in [0.15, 0.2) is 0 Å². The van der Waals surface area contributed by atoms with Gasteiger partial charge in [0.05, 0.1) is 18.2 Å². The molecule has 0 bridgehead atoms. The zero-order valence-corrected chi connectivity index (χ0v) is 12.6. The Kier molecular flexibility index (Phi) is 3.80. The summed E-state index contributed by atoms with van der Waals surface area (Å²) >= 11 is 0. The zero-order valence-electron chi connectivity index (χ0n) is 12.6. The predicted octanol–water partition coefficient (Wildman–Crippen LogP) is 2.94. The minimum atomic E-state index is -0.432. The SMILES string of the molecule is COC(=O)c1cccc2[nH]c(-c3ccc(OC(C)=O)cc3)nc12. The first kappa shape index (κ1) is 14.8. The van der Waals surface area contributed by atoms with Crippen LogP contribution < -0.4 is 4.74 Å². The number of nitrogens with zero attached hydrogens (tertiary/aromatic N) is 1. The lowest BCUT2D eigenvalue weighted by Gasteiger charge is -2.01. The van der Waals surface area contributed by atoms with Crippen LogP contribution in [0.1, 0.15) is 17.3 Å². The highest BCUT2D eigenvalue weighted by Crippen LogP contribution is 2.25. The van der Waals surface area contributed by atoms with E-state index in [2.05, 4.69) is 9.97 Å². The lowest BCUT2D eigenvalue weighted by atomic mass is 10.2. The van der Waals surface area contributed by atoms with Crippen LogP contribution in [0.25, 0.3) is 22.4 Å². The van der Waals surface area contributed by atoms with Gasteiger partial charge in [-0.3, -0.25) is 4.79 Å². The fourth-order valence-electron chi connectivity index (χ4n) is 2.29. The molecule has 116 valence electrons. The van der Waals surface area contributed by atoms with E-state index < -0.39 is 5.97 Å². The third-order valence-corrected chi connectivity index (χ3v) is 3.31. The second-order valence-corrected chi connectivity index (χ2v) is 4.90. The molecule has 0 aliphatic rings. The molecule has 0 spiro atoms. The fourth-order valence-corrected chi connectivity index (χ4v) is 2.29. The normalized spacial score (nSPS) is 10.5. The molecule has 0 atom stereocenters. The molecule has 0 unspecified atom stereocenters. The zero-order chi connectivity index (χ0) is 16.4. The number of carbonyl (C=O) groups excluding carboxylic acids is 2. The van der Waals surface area contributed by atoms with Gasteiger partial charge in [0, 0.05) is 12.5 Å². The van der Waals surface area contributed by atoms with Gasteiger partial charge in [0.2, 0.25) is 0 Å². The Bertz CT molecular complexity index is 881. The molecule has 2 aromatic carbocycles. The van der Waals surface area contributed by atoms with E-state index in [-0.39, 0.29) is 5.97 Å².